The average Bonchev–Trinajstić information content (AvgIpc) is 2.48. The number of phenolic OH excluding ortho intramolecular Hbond substituents is 2. The fourth-order valence-electron chi connectivity index (χ4n) is 2.78. The lowest BCUT2D eigenvalue weighted by atomic mass is 9.90. The van der Waals surface area contributed by atoms with E-state index in [2.05, 4.69) is 5.32 Å². The van der Waals surface area contributed by atoms with Gasteiger partial charge in [-0.15, -0.1) is 0 Å². The van der Waals surface area contributed by atoms with Crippen molar-refractivity contribution in [1.82, 2.24) is 10.2 Å². The third-order valence-corrected chi connectivity index (χ3v) is 4.20. The molecule has 1 saturated carbocycles. The van der Waals surface area contributed by atoms with Crippen LogP contribution in [0.2, 0.25) is 0 Å². The number of hydrogen-bond acceptors (Lipinski definition) is 4. The first kappa shape index (κ1) is 14.7. The summed E-state index contributed by atoms with van der Waals surface area (Å²) >= 11 is 0. The summed E-state index contributed by atoms with van der Waals surface area (Å²) in [5.41, 5.74) is 0.401. The van der Waals surface area contributed by atoms with Crippen LogP contribution in [0.3, 0.4) is 0 Å². The first-order valence-electron chi connectivity index (χ1n) is 6.99. The molecule has 3 N–H and O–H groups in total. The topological polar surface area (TPSA) is 72.8 Å². The van der Waals surface area contributed by atoms with Gasteiger partial charge in [0.2, 0.25) is 0 Å². The highest BCUT2D eigenvalue weighted by molar-refractivity contribution is 5.94. The van der Waals surface area contributed by atoms with E-state index in [1.54, 1.807) is 11.9 Å². The van der Waals surface area contributed by atoms with Crippen LogP contribution in [0.15, 0.2) is 18.2 Å². The van der Waals surface area contributed by atoms with Gasteiger partial charge < -0.3 is 20.4 Å². The highest BCUT2D eigenvalue weighted by atomic mass is 16.3. The first-order valence-corrected chi connectivity index (χ1v) is 6.99. The maximum Gasteiger partial charge on any atom is 0.253 e. The van der Waals surface area contributed by atoms with Crippen molar-refractivity contribution in [2.24, 2.45) is 0 Å². The zero-order chi connectivity index (χ0) is 14.7. The van der Waals surface area contributed by atoms with Gasteiger partial charge in [-0.1, -0.05) is 0 Å². The maximum absolute atomic E-state index is 12.4. The van der Waals surface area contributed by atoms with Crippen molar-refractivity contribution in [3.63, 3.8) is 0 Å². The molecular formula is C15H22N2O3. The number of aromatic hydroxyl groups is 2. The van der Waals surface area contributed by atoms with Crippen LogP contribution < -0.4 is 5.32 Å². The number of phenols is 2. The van der Waals surface area contributed by atoms with E-state index >= 15 is 0 Å². The standard InChI is InChI=1S/C15H22N2O3/c1-16-11-4-6-12(7-5-11)17(2)15(20)10-3-8-13(18)14(19)9-10/h3,8-9,11-12,16,18-19H,4-7H2,1-2H3. The van der Waals surface area contributed by atoms with Crippen LogP contribution in [0.4, 0.5) is 0 Å². The third-order valence-electron chi connectivity index (χ3n) is 4.20. The molecule has 5 nitrogen and oxygen atoms in total. The molecule has 1 aliphatic rings. The molecule has 0 saturated heterocycles. The van der Waals surface area contributed by atoms with E-state index in [1.807, 2.05) is 7.05 Å². The molecule has 1 fully saturated rings. The van der Waals surface area contributed by atoms with Crippen LogP contribution in [0.25, 0.3) is 0 Å². The highest BCUT2D eigenvalue weighted by Crippen LogP contribution is 2.27. The molecule has 0 heterocycles. The predicted molar refractivity (Wildman–Crippen MR) is 77.0 cm³/mol. The summed E-state index contributed by atoms with van der Waals surface area (Å²) in [7, 11) is 3.77. The van der Waals surface area contributed by atoms with Gasteiger partial charge in [0.25, 0.3) is 5.91 Å². The largest absolute Gasteiger partial charge is 0.504 e. The van der Waals surface area contributed by atoms with Crippen LogP contribution in [0, 0.1) is 0 Å². The summed E-state index contributed by atoms with van der Waals surface area (Å²) in [5.74, 6) is -0.588. The minimum Gasteiger partial charge on any atom is -0.504 e. The van der Waals surface area contributed by atoms with Crippen molar-refractivity contribution in [2.75, 3.05) is 14.1 Å². The molecule has 0 bridgehead atoms. The second-order valence-electron chi connectivity index (χ2n) is 5.41. The average molecular weight is 278 g/mol. The second-order valence-corrected chi connectivity index (χ2v) is 5.41. The Kier molecular flexibility index (Phi) is 4.49. The van der Waals surface area contributed by atoms with Gasteiger partial charge in [-0.05, 0) is 50.9 Å². The molecule has 1 aliphatic carbocycles. The van der Waals surface area contributed by atoms with Crippen LogP contribution >= 0.6 is 0 Å². The molecular weight excluding hydrogens is 256 g/mol. The number of nitrogens with zero attached hydrogens (tertiary/aromatic N) is 1. The Morgan fingerprint density at radius 1 is 1.20 bits per heavy atom. The van der Waals surface area contributed by atoms with Crippen molar-refractivity contribution in [3.05, 3.63) is 23.8 Å². The molecule has 1 aromatic rings. The van der Waals surface area contributed by atoms with Gasteiger partial charge in [0, 0.05) is 24.7 Å². The van der Waals surface area contributed by atoms with Crippen molar-refractivity contribution in [3.8, 4) is 11.5 Å². The number of hydrogen-bond donors (Lipinski definition) is 3. The van der Waals surface area contributed by atoms with Crippen molar-refractivity contribution in [1.29, 1.82) is 0 Å². The summed E-state index contributed by atoms with van der Waals surface area (Å²) in [4.78, 5) is 14.1. The second kappa shape index (κ2) is 6.13. The number of nitrogens with one attached hydrogen (secondary N) is 1. The molecule has 110 valence electrons. The molecule has 0 radical (unpaired) electrons. The lowest BCUT2D eigenvalue weighted by molar-refractivity contribution is 0.0685. The molecule has 2 rings (SSSR count). The molecule has 5 heteroatoms. The smallest absolute Gasteiger partial charge is 0.253 e. The van der Waals surface area contributed by atoms with E-state index in [9.17, 15) is 15.0 Å². The number of rotatable bonds is 3. The van der Waals surface area contributed by atoms with E-state index in [-0.39, 0.29) is 23.4 Å². The lowest BCUT2D eigenvalue weighted by Gasteiger charge is -2.34. The van der Waals surface area contributed by atoms with Crippen LogP contribution in [-0.2, 0) is 0 Å². The number of amides is 1. The Morgan fingerprint density at radius 2 is 1.85 bits per heavy atom. The Balaban J connectivity index is 2.03. The van der Waals surface area contributed by atoms with E-state index in [4.69, 9.17) is 0 Å². The van der Waals surface area contributed by atoms with Gasteiger partial charge in [-0.25, -0.2) is 0 Å². The van der Waals surface area contributed by atoms with E-state index in [0.717, 1.165) is 25.7 Å². The predicted octanol–water partition coefficient (Wildman–Crippen LogP) is 1.70. The maximum atomic E-state index is 12.4. The number of benzene rings is 1. The van der Waals surface area contributed by atoms with Crippen molar-refractivity contribution < 1.29 is 15.0 Å². The number of carbonyl (C=O) groups excluding carboxylic acids is 1. The summed E-state index contributed by atoms with van der Waals surface area (Å²) in [5, 5.41) is 22.0. The van der Waals surface area contributed by atoms with E-state index in [1.165, 1.54) is 18.2 Å². The van der Waals surface area contributed by atoms with Gasteiger partial charge in [-0.3, -0.25) is 4.79 Å². The van der Waals surface area contributed by atoms with Crippen LogP contribution in [-0.4, -0.2) is 47.2 Å². The van der Waals surface area contributed by atoms with Crippen LogP contribution in [0.5, 0.6) is 11.5 Å². The van der Waals surface area contributed by atoms with Gasteiger partial charge in [0.15, 0.2) is 11.5 Å². The van der Waals surface area contributed by atoms with E-state index < -0.39 is 0 Å². The summed E-state index contributed by atoms with van der Waals surface area (Å²) < 4.78 is 0. The van der Waals surface area contributed by atoms with Crippen molar-refractivity contribution in [2.45, 2.75) is 37.8 Å². The Labute approximate surface area is 119 Å². The highest BCUT2D eigenvalue weighted by Gasteiger charge is 2.26. The molecule has 0 aromatic heterocycles. The molecule has 0 spiro atoms. The molecule has 20 heavy (non-hydrogen) atoms. The summed E-state index contributed by atoms with van der Waals surface area (Å²) in [6.07, 6.45) is 4.11. The van der Waals surface area contributed by atoms with Crippen LogP contribution in [0.1, 0.15) is 36.0 Å². The van der Waals surface area contributed by atoms with Gasteiger partial charge >= 0.3 is 0 Å². The van der Waals surface area contributed by atoms with Gasteiger partial charge in [0.05, 0.1) is 0 Å². The Morgan fingerprint density at radius 3 is 2.40 bits per heavy atom. The SMILES string of the molecule is CNC1CCC(N(C)C(=O)c2ccc(O)c(O)c2)CC1. The molecule has 0 aliphatic heterocycles. The first-order chi connectivity index (χ1) is 9.52. The van der Waals surface area contributed by atoms with Gasteiger partial charge in [0.1, 0.15) is 0 Å². The quantitative estimate of drug-likeness (QED) is 0.736. The molecule has 1 aromatic carbocycles. The van der Waals surface area contributed by atoms with Crippen molar-refractivity contribution >= 4 is 5.91 Å². The van der Waals surface area contributed by atoms with E-state index in [0.29, 0.717) is 11.6 Å². The monoisotopic (exact) mass is 278 g/mol. The summed E-state index contributed by atoms with van der Waals surface area (Å²) in [6.45, 7) is 0. The summed E-state index contributed by atoms with van der Waals surface area (Å²) in [6, 6.07) is 4.98. The minimum absolute atomic E-state index is 0.117. The zero-order valence-corrected chi connectivity index (χ0v) is 12.0. The molecule has 1 amide bonds. The third kappa shape index (κ3) is 3.04. The zero-order valence-electron chi connectivity index (χ0n) is 12.0. The fourth-order valence-corrected chi connectivity index (χ4v) is 2.78. The minimum atomic E-state index is -0.261. The molecule has 0 unspecified atom stereocenters. The lowest BCUT2D eigenvalue weighted by Crippen LogP contribution is -2.42. The fraction of sp³-hybridized carbons (Fsp3) is 0.533. The van der Waals surface area contributed by atoms with Gasteiger partial charge in [-0.2, -0.15) is 0 Å². The number of carbonyl (C=O) groups is 1. The molecule has 0 atom stereocenters. The Bertz CT molecular complexity index is 482. The Hall–Kier alpha value is -1.75. The normalized spacial score (nSPS) is 22.5.